The number of hydrogen-bond donors (Lipinski definition) is 2. The second-order valence-electron chi connectivity index (χ2n) is 12.7. The third-order valence-electron chi connectivity index (χ3n) is 9.95. The molecule has 2 heterocycles. The van der Waals surface area contributed by atoms with E-state index in [4.69, 9.17) is 9.32 Å². The van der Waals surface area contributed by atoms with Crippen LogP contribution < -0.4 is 5.14 Å². The molecule has 0 bridgehead atoms. The van der Waals surface area contributed by atoms with Crippen LogP contribution in [-0.4, -0.2) is 42.0 Å². The minimum absolute atomic E-state index is 0.0580. The Kier molecular flexibility index (Phi) is 8.50. The lowest BCUT2D eigenvalue weighted by Crippen LogP contribution is -2.34. The predicted molar refractivity (Wildman–Crippen MR) is 164 cm³/mol. The molecule has 3 aromatic rings. The summed E-state index contributed by atoms with van der Waals surface area (Å²) in [5, 5.41) is 16.0. The van der Waals surface area contributed by atoms with E-state index in [9.17, 15) is 18.3 Å². The van der Waals surface area contributed by atoms with Gasteiger partial charge in [-0.2, -0.15) is 8.42 Å². The van der Waals surface area contributed by atoms with E-state index in [-0.39, 0.29) is 24.2 Å². The molecular formula is C32H41N3O5S2. The molecule has 0 saturated heterocycles. The second kappa shape index (κ2) is 11.5. The maximum Gasteiger partial charge on any atom is 0.333 e. The van der Waals surface area contributed by atoms with Crippen LogP contribution in [0.2, 0.25) is 0 Å². The number of ketones is 1. The van der Waals surface area contributed by atoms with Gasteiger partial charge in [0.25, 0.3) is 0 Å². The van der Waals surface area contributed by atoms with Crippen molar-refractivity contribution < 1.29 is 22.5 Å². The van der Waals surface area contributed by atoms with Crippen LogP contribution in [0.25, 0.3) is 0 Å². The Labute approximate surface area is 253 Å². The van der Waals surface area contributed by atoms with E-state index in [0.29, 0.717) is 29.0 Å². The molecule has 42 heavy (non-hydrogen) atoms. The third kappa shape index (κ3) is 5.84. The van der Waals surface area contributed by atoms with Crippen LogP contribution in [-0.2, 0) is 27.3 Å². The zero-order valence-corrected chi connectivity index (χ0v) is 26.9. The van der Waals surface area contributed by atoms with Crippen LogP contribution in [0.5, 0.6) is 0 Å². The molecule has 2 aliphatic rings. The number of nitrogens with two attached hydrogens (primary N) is 1. The summed E-state index contributed by atoms with van der Waals surface area (Å²) in [6.07, 6.45) is 6.50. The molecule has 0 radical (unpaired) electrons. The highest BCUT2D eigenvalue weighted by Crippen LogP contribution is 2.48. The first-order valence-electron chi connectivity index (χ1n) is 14.6. The summed E-state index contributed by atoms with van der Waals surface area (Å²) in [6.45, 7) is 12.4. The lowest BCUT2D eigenvalue weighted by atomic mass is 9.75. The lowest BCUT2D eigenvalue weighted by Gasteiger charge is -2.31. The van der Waals surface area contributed by atoms with E-state index in [1.807, 2.05) is 13.8 Å². The molecular weight excluding hydrogens is 571 g/mol. The molecule has 10 heteroatoms. The number of nitrogens with zero attached hydrogens (tertiary/aromatic N) is 2. The fourth-order valence-electron chi connectivity index (χ4n) is 7.13. The number of carbonyl (C=O) groups is 1. The Hall–Kier alpha value is -2.50. The zero-order chi connectivity index (χ0) is 30.6. The molecule has 2 aromatic heterocycles. The van der Waals surface area contributed by atoms with Gasteiger partial charge < -0.3 is 5.11 Å². The van der Waals surface area contributed by atoms with Crippen LogP contribution in [0.1, 0.15) is 98.2 Å². The van der Waals surface area contributed by atoms with Crippen molar-refractivity contribution in [1.82, 2.24) is 9.97 Å². The molecule has 3 N–H and O–H groups in total. The highest BCUT2D eigenvalue weighted by molar-refractivity contribution is 7.84. The van der Waals surface area contributed by atoms with Crippen LogP contribution in [0.3, 0.4) is 0 Å². The summed E-state index contributed by atoms with van der Waals surface area (Å²) in [6, 6.07) is 4.43. The summed E-state index contributed by atoms with van der Waals surface area (Å²) in [5.41, 5.74) is 8.70. The van der Waals surface area contributed by atoms with Crippen molar-refractivity contribution in [3.05, 3.63) is 79.0 Å². The molecule has 5 rings (SSSR count). The number of aliphatic hydroxyl groups excluding tert-OH is 1. The third-order valence-corrected chi connectivity index (χ3v) is 11.5. The average molecular weight is 612 g/mol. The first-order chi connectivity index (χ1) is 19.7. The number of aliphatic hydroxyl groups is 1. The predicted octanol–water partition coefficient (Wildman–Crippen LogP) is 5.26. The van der Waals surface area contributed by atoms with E-state index in [1.54, 1.807) is 6.20 Å². The van der Waals surface area contributed by atoms with Gasteiger partial charge in [-0.15, -0.1) is 11.3 Å². The number of fused-ring (bicyclic) bond motifs is 1. The van der Waals surface area contributed by atoms with Gasteiger partial charge in [-0.3, -0.25) is 8.98 Å². The Bertz CT molecular complexity index is 1630. The van der Waals surface area contributed by atoms with Gasteiger partial charge in [0.15, 0.2) is 0 Å². The number of rotatable bonds is 8. The SMILES string of the molecule is Cc1cc2c(c(C)c1C)CCCC2c1cc(C(=O)c2cncnc2C[C@@H]2C[C@H](COS(N)(=O)=O)[C@@H](O)C2(C)C)sc1C. The number of benzene rings is 1. The normalized spacial score (nSPS) is 23.6. The fraction of sp³-hybridized carbons (Fsp3) is 0.531. The molecule has 1 fully saturated rings. The number of hydrogen-bond acceptors (Lipinski definition) is 8. The van der Waals surface area contributed by atoms with Crippen molar-refractivity contribution >= 4 is 27.4 Å². The zero-order valence-electron chi connectivity index (χ0n) is 25.2. The summed E-state index contributed by atoms with van der Waals surface area (Å²) in [7, 11) is -4.11. The first-order valence-corrected chi connectivity index (χ1v) is 16.9. The maximum atomic E-state index is 14.0. The molecule has 1 unspecified atom stereocenters. The van der Waals surface area contributed by atoms with E-state index >= 15 is 0 Å². The van der Waals surface area contributed by atoms with Crippen molar-refractivity contribution in [1.29, 1.82) is 0 Å². The molecule has 8 nitrogen and oxygen atoms in total. The second-order valence-corrected chi connectivity index (χ2v) is 15.2. The largest absolute Gasteiger partial charge is 0.392 e. The standard InChI is InChI=1S/C32H41N3O5S2/c1-17-10-26-23(19(3)18(17)2)8-7-9-24(26)25-13-29(41-20(25)4)30(36)27-14-34-16-35-28(27)12-22-11-21(15-40-42(33,38)39)31(37)32(22,5)6/h10,13-14,16,21-22,24,31,37H,7-9,11-12,15H2,1-6H3,(H2,33,38,39)/t21-,22+,24?,31-/m1/s1. The van der Waals surface area contributed by atoms with Gasteiger partial charge in [-0.1, -0.05) is 19.9 Å². The molecule has 0 spiro atoms. The van der Waals surface area contributed by atoms with Gasteiger partial charge in [-0.25, -0.2) is 15.1 Å². The first kappa shape index (κ1) is 30.9. The smallest absolute Gasteiger partial charge is 0.333 e. The van der Waals surface area contributed by atoms with Crippen LogP contribution in [0.15, 0.2) is 24.7 Å². The van der Waals surface area contributed by atoms with Crippen molar-refractivity contribution in [2.75, 3.05) is 6.61 Å². The number of carbonyl (C=O) groups excluding carboxylic acids is 1. The van der Waals surface area contributed by atoms with E-state index < -0.39 is 27.7 Å². The van der Waals surface area contributed by atoms with E-state index in [1.165, 1.54) is 51.0 Å². The fourth-order valence-corrected chi connectivity index (χ4v) is 8.54. The van der Waals surface area contributed by atoms with Crippen molar-refractivity contribution in [2.24, 2.45) is 22.4 Å². The minimum Gasteiger partial charge on any atom is -0.392 e. The quantitative estimate of drug-likeness (QED) is 0.332. The van der Waals surface area contributed by atoms with Crippen LogP contribution in [0, 0.1) is 44.9 Å². The molecule has 1 saturated carbocycles. The molecule has 0 aliphatic heterocycles. The Morgan fingerprint density at radius 3 is 2.62 bits per heavy atom. The average Bonchev–Trinajstić information content (AvgIpc) is 3.42. The van der Waals surface area contributed by atoms with Gasteiger partial charge in [0, 0.05) is 22.9 Å². The lowest BCUT2D eigenvalue weighted by molar-refractivity contribution is 0.0180. The summed E-state index contributed by atoms with van der Waals surface area (Å²) in [4.78, 5) is 24.5. The Balaban J connectivity index is 1.41. The van der Waals surface area contributed by atoms with Gasteiger partial charge >= 0.3 is 10.3 Å². The number of thiophene rings is 1. The molecule has 2 aliphatic carbocycles. The summed E-state index contributed by atoms with van der Waals surface area (Å²) in [5.74, 6) is -0.283. The topological polar surface area (TPSA) is 132 Å². The molecule has 1 aromatic carbocycles. The maximum absolute atomic E-state index is 14.0. The molecule has 226 valence electrons. The number of aryl methyl sites for hydroxylation is 2. The van der Waals surface area contributed by atoms with Crippen LogP contribution in [0.4, 0.5) is 0 Å². The number of aromatic nitrogens is 2. The Morgan fingerprint density at radius 1 is 1.17 bits per heavy atom. The highest BCUT2D eigenvalue weighted by Gasteiger charge is 2.49. The van der Waals surface area contributed by atoms with Crippen LogP contribution >= 0.6 is 11.3 Å². The monoisotopic (exact) mass is 611 g/mol. The molecule has 0 amide bonds. The van der Waals surface area contributed by atoms with Crippen molar-refractivity contribution in [3.8, 4) is 0 Å². The minimum atomic E-state index is -4.11. The Morgan fingerprint density at radius 2 is 1.90 bits per heavy atom. The summed E-state index contributed by atoms with van der Waals surface area (Å²) >= 11 is 1.53. The van der Waals surface area contributed by atoms with E-state index in [0.717, 1.165) is 24.1 Å². The van der Waals surface area contributed by atoms with Crippen molar-refractivity contribution in [3.63, 3.8) is 0 Å². The van der Waals surface area contributed by atoms with Gasteiger partial charge in [0.2, 0.25) is 5.78 Å². The van der Waals surface area contributed by atoms with Gasteiger partial charge in [-0.05, 0) is 111 Å². The molecule has 4 atom stereocenters. The summed E-state index contributed by atoms with van der Waals surface area (Å²) < 4.78 is 27.5. The van der Waals surface area contributed by atoms with E-state index in [2.05, 4.69) is 49.8 Å². The highest BCUT2D eigenvalue weighted by atomic mass is 32.2. The van der Waals surface area contributed by atoms with Gasteiger partial charge in [0.1, 0.15) is 6.33 Å². The van der Waals surface area contributed by atoms with Crippen molar-refractivity contribution in [2.45, 2.75) is 85.7 Å². The van der Waals surface area contributed by atoms with Gasteiger partial charge in [0.05, 0.1) is 28.8 Å².